The summed E-state index contributed by atoms with van der Waals surface area (Å²) >= 11 is 6.76. The third-order valence-electron chi connectivity index (χ3n) is 9.79. The molecule has 1 atom stereocenters. The molecule has 0 amide bonds. The van der Waals surface area contributed by atoms with Gasteiger partial charge in [0.2, 0.25) is 0 Å². The number of pyridine rings is 1. The minimum absolute atomic E-state index is 0.0260. The highest BCUT2D eigenvalue weighted by molar-refractivity contribution is 6.32. The van der Waals surface area contributed by atoms with Crippen LogP contribution in [-0.4, -0.2) is 59.3 Å². The van der Waals surface area contributed by atoms with E-state index in [4.69, 9.17) is 25.8 Å². The first-order valence-corrected chi connectivity index (χ1v) is 18.1. The van der Waals surface area contributed by atoms with Gasteiger partial charge in [-0.05, 0) is 84.0 Å². The van der Waals surface area contributed by atoms with Crippen molar-refractivity contribution in [3.8, 4) is 45.6 Å². The quantitative estimate of drug-likeness (QED) is 0.0876. The molecule has 0 spiro atoms. The fraction of sp³-hybridized carbons (Fsp3) is 0.256. The average Bonchev–Trinajstić information content (AvgIpc) is 3.74. The maximum absolute atomic E-state index is 11.8. The number of aromatic nitrogens is 1. The summed E-state index contributed by atoms with van der Waals surface area (Å²) in [7, 11) is 1.68. The van der Waals surface area contributed by atoms with E-state index < -0.39 is 18.1 Å². The summed E-state index contributed by atoms with van der Waals surface area (Å²) in [5, 5.41) is 35.3. The molecule has 11 nitrogen and oxygen atoms in total. The fourth-order valence-corrected chi connectivity index (χ4v) is 6.64. The number of ether oxygens (including phenoxy) is 3. The Balaban J connectivity index is 1.26. The molecule has 282 valence electrons. The van der Waals surface area contributed by atoms with E-state index >= 15 is 0 Å². The predicted octanol–water partition coefficient (Wildman–Crippen LogP) is 7.00. The minimum atomic E-state index is -1.59. The minimum Gasteiger partial charge on any atom is -0.496 e. The first-order chi connectivity index (χ1) is 26.5. The molecule has 12 heteroatoms. The van der Waals surface area contributed by atoms with Crippen LogP contribution in [0.25, 0.3) is 22.3 Å². The number of nitrogens with one attached hydrogen (secondary N) is 2. The van der Waals surface area contributed by atoms with Gasteiger partial charge in [0.15, 0.2) is 0 Å². The summed E-state index contributed by atoms with van der Waals surface area (Å²) in [5.41, 5.74) is 8.40. The van der Waals surface area contributed by atoms with Gasteiger partial charge in [-0.2, -0.15) is 5.26 Å². The zero-order valence-corrected chi connectivity index (χ0v) is 31.8. The summed E-state index contributed by atoms with van der Waals surface area (Å²) < 4.78 is 18.3. The van der Waals surface area contributed by atoms with Crippen LogP contribution in [0.15, 0.2) is 90.2 Å². The van der Waals surface area contributed by atoms with Crippen molar-refractivity contribution >= 4 is 23.4 Å². The monoisotopic (exact) mass is 759 g/mol. The number of aliphatic hydroxyl groups excluding tert-OH is 1. The van der Waals surface area contributed by atoms with E-state index in [0.717, 1.165) is 69.2 Å². The zero-order valence-electron chi connectivity index (χ0n) is 31.1. The Morgan fingerprint density at radius 2 is 1.67 bits per heavy atom. The molecule has 6 rings (SSSR count). The molecule has 4 N–H and O–H groups in total. The molecule has 1 aliphatic heterocycles. The molecule has 55 heavy (non-hydrogen) atoms. The van der Waals surface area contributed by atoms with Gasteiger partial charge in [0, 0.05) is 42.7 Å². The van der Waals surface area contributed by atoms with Gasteiger partial charge in [-0.15, -0.1) is 0 Å². The number of carboxylic acids is 1. The van der Waals surface area contributed by atoms with E-state index in [0.29, 0.717) is 33.2 Å². The molecule has 0 saturated heterocycles. The summed E-state index contributed by atoms with van der Waals surface area (Å²) in [5.74, 6) is 1.16. The van der Waals surface area contributed by atoms with Crippen LogP contribution in [0.5, 0.6) is 17.2 Å². The number of aliphatic carboxylic acids is 1. The summed E-state index contributed by atoms with van der Waals surface area (Å²) in [6, 6.07) is 25.7. The predicted molar refractivity (Wildman–Crippen MR) is 212 cm³/mol. The number of carbonyl (C=O) groups is 1. The van der Waals surface area contributed by atoms with Gasteiger partial charge >= 0.3 is 5.97 Å². The van der Waals surface area contributed by atoms with Crippen molar-refractivity contribution in [3.63, 3.8) is 0 Å². The number of benzene rings is 4. The van der Waals surface area contributed by atoms with Crippen molar-refractivity contribution in [1.29, 1.82) is 5.26 Å². The smallest absolute Gasteiger partial charge is 0.326 e. The Morgan fingerprint density at radius 1 is 0.927 bits per heavy atom. The molecule has 0 aliphatic carbocycles. The molecule has 0 bridgehead atoms. The number of nitriles is 1. The molecule has 1 aliphatic rings. The number of methoxy groups -OCH3 is 1. The Labute approximate surface area is 325 Å². The molecular weight excluding hydrogens is 718 g/mol. The van der Waals surface area contributed by atoms with Crippen LogP contribution in [0.3, 0.4) is 0 Å². The molecule has 1 aromatic heterocycles. The van der Waals surface area contributed by atoms with Gasteiger partial charge < -0.3 is 29.7 Å². The SMILES string of the molecule is COc1cc(-c2cccc(-c3cccc(COc4cc(OCc5cncc(C#N)c5)c(CNC(C)(CO)C(=O)O)cc4Cl)c3C)c2C)ccc1C1=NCCN1. The van der Waals surface area contributed by atoms with Crippen molar-refractivity contribution in [2.45, 2.75) is 46.1 Å². The lowest BCUT2D eigenvalue weighted by Crippen LogP contribution is -2.52. The van der Waals surface area contributed by atoms with Crippen molar-refractivity contribution in [1.82, 2.24) is 15.6 Å². The van der Waals surface area contributed by atoms with Crippen LogP contribution in [0.1, 0.15) is 45.9 Å². The number of amidine groups is 1. The topological polar surface area (TPSA) is 158 Å². The Kier molecular flexibility index (Phi) is 12.0. The number of aliphatic imine (C=N–C) groups is 1. The third kappa shape index (κ3) is 8.58. The first kappa shape index (κ1) is 38.8. The maximum atomic E-state index is 11.8. The van der Waals surface area contributed by atoms with Crippen LogP contribution in [0.4, 0.5) is 0 Å². The van der Waals surface area contributed by atoms with E-state index in [1.54, 1.807) is 31.5 Å². The summed E-state index contributed by atoms with van der Waals surface area (Å²) in [6.07, 6.45) is 3.06. The van der Waals surface area contributed by atoms with E-state index in [9.17, 15) is 20.3 Å². The van der Waals surface area contributed by atoms with E-state index in [-0.39, 0.29) is 19.8 Å². The highest BCUT2D eigenvalue weighted by Gasteiger charge is 2.32. The Hall–Kier alpha value is -5.93. The van der Waals surface area contributed by atoms with Crippen LogP contribution >= 0.6 is 11.6 Å². The lowest BCUT2D eigenvalue weighted by molar-refractivity contribution is -0.145. The second kappa shape index (κ2) is 17.0. The second-order valence-corrected chi connectivity index (χ2v) is 13.9. The molecule has 0 saturated carbocycles. The molecule has 5 aromatic rings. The third-order valence-corrected chi connectivity index (χ3v) is 10.1. The van der Waals surface area contributed by atoms with Gasteiger partial charge in [-0.1, -0.05) is 54.1 Å². The molecule has 0 radical (unpaired) electrons. The number of halogens is 1. The maximum Gasteiger partial charge on any atom is 0.326 e. The van der Waals surface area contributed by atoms with Gasteiger partial charge in [-0.25, -0.2) is 0 Å². The van der Waals surface area contributed by atoms with Crippen molar-refractivity contribution < 1.29 is 29.2 Å². The number of nitrogens with zero attached hydrogens (tertiary/aromatic N) is 3. The Bertz CT molecular complexity index is 2300. The van der Waals surface area contributed by atoms with Crippen LogP contribution in [-0.2, 0) is 24.6 Å². The van der Waals surface area contributed by atoms with E-state index in [2.05, 4.69) is 83.0 Å². The van der Waals surface area contributed by atoms with Gasteiger partial charge in [0.25, 0.3) is 0 Å². The van der Waals surface area contributed by atoms with Gasteiger partial charge in [-0.3, -0.25) is 20.1 Å². The lowest BCUT2D eigenvalue weighted by atomic mass is 9.89. The molecule has 4 aromatic carbocycles. The van der Waals surface area contributed by atoms with Crippen molar-refractivity contribution in [2.75, 3.05) is 26.8 Å². The molecule has 0 fully saturated rings. The lowest BCUT2D eigenvalue weighted by Gasteiger charge is -2.25. The average molecular weight is 760 g/mol. The number of carboxylic acid groups (broad SMARTS) is 1. The molecule has 1 unspecified atom stereocenters. The molecule has 2 heterocycles. The van der Waals surface area contributed by atoms with Crippen molar-refractivity contribution in [2.24, 2.45) is 4.99 Å². The van der Waals surface area contributed by atoms with Crippen molar-refractivity contribution in [3.05, 3.63) is 129 Å². The highest BCUT2D eigenvalue weighted by Crippen LogP contribution is 2.38. The zero-order chi connectivity index (χ0) is 39.1. The standard InChI is InChI=1S/C43H42ClN5O6/c1-26-31(7-5-9-34(26)35-10-6-8-33(27(35)2)30-11-12-36(39(17-30)53-4)41-47-13-14-48-41)24-55-40-18-38(54-23-29-15-28(19-45)20-46-21-29)32(16-37(40)44)22-49-43(3,25-50)42(51)52/h5-12,15-18,20-21,49-50H,13-14,22-25H2,1-4H3,(H,47,48)(H,51,52). The van der Waals surface area contributed by atoms with E-state index in [1.807, 2.05) is 12.1 Å². The molecular formula is C43H42ClN5O6. The van der Waals surface area contributed by atoms with Gasteiger partial charge in [0.05, 0.1) is 36.4 Å². The van der Waals surface area contributed by atoms with Crippen LogP contribution in [0.2, 0.25) is 5.02 Å². The van der Waals surface area contributed by atoms with Crippen LogP contribution < -0.4 is 24.8 Å². The number of hydrogen-bond acceptors (Lipinski definition) is 10. The second-order valence-electron chi connectivity index (χ2n) is 13.5. The van der Waals surface area contributed by atoms with E-state index in [1.165, 1.54) is 13.1 Å². The largest absolute Gasteiger partial charge is 0.496 e. The number of hydrogen-bond donors (Lipinski definition) is 4. The summed E-state index contributed by atoms with van der Waals surface area (Å²) in [4.78, 5) is 20.5. The van der Waals surface area contributed by atoms with Crippen LogP contribution in [0, 0.1) is 25.2 Å². The number of rotatable bonds is 15. The highest BCUT2D eigenvalue weighted by atomic mass is 35.5. The Morgan fingerprint density at radius 3 is 2.38 bits per heavy atom. The normalized spacial score (nSPS) is 13.3. The summed E-state index contributed by atoms with van der Waals surface area (Å²) in [6.45, 7) is 6.84. The van der Waals surface area contributed by atoms with Gasteiger partial charge in [0.1, 0.15) is 47.9 Å². The first-order valence-electron chi connectivity index (χ1n) is 17.7. The number of aliphatic hydroxyl groups is 1. The fourth-order valence-electron chi connectivity index (χ4n) is 6.40.